The Balaban J connectivity index is 2.01. The third kappa shape index (κ3) is 4.95. The summed E-state index contributed by atoms with van der Waals surface area (Å²) in [4.78, 5) is 17.0. The summed E-state index contributed by atoms with van der Waals surface area (Å²) in [5.41, 5.74) is 6.79. The zero-order valence-electron chi connectivity index (χ0n) is 13.3. The van der Waals surface area contributed by atoms with E-state index in [1.165, 1.54) is 24.3 Å². The van der Waals surface area contributed by atoms with Crippen molar-refractivity contribution in [2.75, 3.05) is 19.3 Å². The highest BCUT2D eigenvalue weighted by Crippen LogP contribution is 2.27. The molecule has 0 saturated heterocycles. The van der Waals surface area contributed by atoms with Crippen molar-refractivity contribution < 1.29 is 13.9 Å². The van der Waals surface area contributed by atoms with Gasteiger partial charge in [0.1, 0.15) is 11.6 Å². The van der Waals surface area contributed by atoms with Gasteiger partial charge < -0.3 is 15.4 Å². The number of hydrogen-bond acceptors (Lipinski definition) is 4. The van der Waals surface area contributed by atoms with E-state index in [0.29, 0.717) is 18.0 Å². The van der Waals surface area contributed by atoms with Crippen molar-refractivity contribution in [3.63, 3.8) is 0 Å². The van der Waals surface area contributed by atoms with Crippen molar-refractivity contribution in [2.24, 2.45) is 0 Å². The lowest BCUT2D eigenvalue weighted by atomic mass is 10.1. The maximum atomic E-state index is 12.9. The predicted molar refractivity (Wildman–Crippen MR) is 86.8 cm³/mol. The average Bonchev–Trinajstić information content (AvgIpc) is 2.52. The van der Waals surface area contributed by atoms with Crippen molar-refractivity contribution in [1.82, 2.24) is 9.88 Å². The number of anilines is 1. The zero-order valence-corrected chi connectivity index (χ0v) is 13.3. The van der Waals surface area contributed by atoms with E-state index in [4.69, 9.17) is 10.5 Å². The van der Waals surface area contributed by atoms with Gasteiger partial charge in [0.25, 0.3) is 0 Å². The number of nitrogens with two attached hydrogens (primary N) is 1. The number of nitrogen functional groups attached to an aromatic ring is 1. The SMILES string of the molecule is CC(=O)N(C)CCCc1cnc(N)c(Oc2ccc(F)cc2)c1. The second-order valence-electron chi connectivity index (χ2n) is 5.33. The van der Waals surface area contributed by atoms with E-state index in [1.807, 2.05) is 6.07 Å². The van der Waals surface area contributed by atoms with Crippen LogP contribution in [0.4, 0.5) is 10.2 Å². The molecule has 0 aliphatic rings. The summed E-state index contributed by atoms with van der Waals surface area (Å²) >= 11 is 0. The van der Waals surface area contributed by atoms with Crippen molar-refractivity contribution in [3.8, 4) is 11.5 Å². The lowest BCUT2D eigenvalue weighted by molar-refractivity contribution is -0.127. The molecule has 0 atom stereocenters. The molecule has 1 heterocycles. The lowest BCUT2D eigenvalue weighted by Crippen LogP contribution is -2.25. The quantitative estimate of drug-likeness (QED) is 0.889. The third-order valence-electron chi connectivity index (χ3n) is 3.48. The van der Waals surface area contributed by atoms with E-state index in [2.05, 4.69) is 4.98 Å². The molecule has 0 aliphatic carbocycles. The highest BCUT2D eigenvalue weighted by atomic mass is 19.1. The summed E-state index contributed by atoms with van der Waals surface area (Å²) in [6.07, 6.45) is 3.27. The second kappa shape index (κ2) is 7.58. The lowest BCUT2D eigenvalue weighted by Gasteiger charge is -2.14. The van der Waals surface area contributed by atoms with E-state index in [9.17, 15) is 9.18 Å². The molecule has 23 heavy (non-hydrogen) atoms. The number of ether oxygens (including phenoxy) is 1. The number of halogens is 1. The first-order valence-electron chi connectivity index (χ1n) is 7.35. The van der Waals surface area contributed by atoms with E-state index >= 15 is 0 Å². The van der Waals surface area contributed by atoms with Crippen LogP contribution in [-0.2, 0) is 11.2 Å². The molecule has 0 aliphatic heterocycles. The minimum Gasteiger partial charge on any atom is -0.453 e. The molecule has 122 valence electrons. The van der Waals surface area contributed by atoms with Gasteiger partial charge in [-0.15, -0.1) is 0 Å². The van der Waals surface area contributed by atoms with Gasteiger partial charge in [0.2, 0.25) is 5.91 Å². The van der Waals surface area contributed by atoms with Crippen LogP contribution in [-0.4, -0.2) is 29.4 Å². The monoisotopic (exact) mass is 317 g/mol. The normalized spacial score (nSPS) is 10.4. The van der Waals surface area contributed by atoms with Gasteiger partial charge in [-0.05, 0) is 48.7 Å². The molecule has 6 heteroatoms. The van der Waals surface area contributed by atoms with Gasteiger partial charge >= 0.3 is 0 Å². The maximum absolute atomic E-state index is 12.9. The van der Waals surface area contributed by atoms with Crippen LogP contribution in [0.15, 0.2) is 36.5 Å². The Kier molecular flexibility index (Phi) is 5.51. The van der Waals surface area contributed by atoms with E-state index in [0.717, 1.165) is 18.4 Å². The van der Waals surface area contributed by atoms with Crippen LogP contribution >= 0.6 is 0 Å². The van der Waals surface area contributed by atoms with Crippen LogP contribution in [0.25, 0.3) is 0 Å². The van der Waals surface area contributed by atoms with Gasteiger partial charge in [0.15, 0.2) is 11.6 Å². The molecule has 0 unspecified atom stereocenters. The highest BCUT2D eigenvalue weighted by molar-refractivity contribution is 5.72. The molecule has 0 spiro atoms. The van der Waals surface area contributed by atoms with E-state index < -0.39 is 0 Å². The maximum Gasteiger partial charge on any atom is 0.219 e. The molecule has 0 fully saturated rings. The summed E-state index contributed by atoms with van der Waals surface area (Å²) in [5, 5.41) is 0. The van der Waals surface area contributed by atoms with Crippen molar-refractivity contribution in [2.45, 2.75) is 19.8 Å². The van der Waals surface area contributed by atoms with Gasteiger partial charge in [-0.3, -0.25) is 4.79 Å². The van der Waals surface area contributed by atoms with Crippen molar-refractivity contribution in [1.29, 1.82) is 0 Å². The first-order valence-corrected chi connectivity index (χ1v) is 7.35. The Morgan fingerprint density at radius 3 is 2.70 bits per heavy atom. The summed E-state index contributed by atoms with van der Waals surface area (Å²) < 4.78 is 18.6. The minimum atomic E-state index is -0.327. The fraction of sp³-hybridized carbons (Fsp3) is 0.294. The Labute approximate surface area is 134 Å². The predicted octanol–water partition coefficient (Wildman–Crippen LogP) is 3.01. The van der Waals surface area contributed by atoms with Crippen LogP contribution in [0.3, 0.4) is 0 Å². The number of carbonyl (C=O) groups is 1. The molecule has 1 aromatic carbocycles. The topological polar surface area (TPSA) is 68.5 Å². The van der Waals surface area contributed by atoms with Gasteiger partial charge in [0.05, 0.1) is 0 Å². The molecule has 1 aromatic heterocycles. The van der Waals surface area contributed by atoms with Crippen molar-refractivity contribution in [3.05, 3.63) is 47.9 Å². The van der Waals surface area contributed by atoms with Gasteiger partial charge in [-0.2, -0.15) is 0 Å². The Hall–Kier alpha value is -2.63. The van der Waals surface area contributed by atoms with Gasteiger partial charge in [-0.1, -0.05) is 0 Å². The third-order valence-corrected chi connectivity index (χ3v) is 3.48. The number of pyridine rings is 1. The highest BCUT2D eigenvalue weighted by Gasteiger charge is 2.07. The molecule has 2 N–H and O–H groups in total. The van der Waals surface area contributed by atoms with Crippen LogP contribution in [0.2, 0.25) is 0 Å². The number of hydrogen-bond donors (Lipinski definition) is 1. The van der Waals surface area contributed by atoms with E-state index in [-0.39, 0.29) is 17.5 Å². The number of rotatable bonds is 6. The largest absolute Gasteiger partial charge is 0.453 e. The molecule has 0 bridgehead atoms. The molecule has 2 aromatic rings. The van der Waals surface area contributed by atoms with Crippen LogP contribution in [0, 0.1) is 5.82 Å². The molecular formula is C17H20FN3O2. The number of benzene rings is 1. The van der Waals surface area contributed by atoms with Gasteiger partial charge in [0, 0.05) is 26.7 Å². The molecule has 1 amide bonds. The average molecular weight is 317 g/mol. The standard InChI is InChI=1S/C17H20FN3O2/c1-12(22)21(2)9-3-4-13-10-16(17(19)20-11-13)23-15-7-5-14(18)6-8-15/h5-8,10-11H,3-4,9H2,1-2H3,(H2,19,20). The first kappa shape index (κ1) is 16.7. The van der Waals surface area contributed by atoms with Gasteiger partial charge in [-0.25, -0.2) is 9.37 Å². The number of aromatic nitrogens is 1. The van der Waals surface area contributed by atoms with Crippen LogP contribution in [0.5, 0.6) is 11.5 Å². The fourth-order valence-electron chi connectivity index (χ4n) is 2.02. The number of nitrogens with zero attached hydrogens (tertiary/aromatic N) is 2. The summed E-state index contributed by atoms with van der Waals surface area (Å²) in [5.74, 6) is 0.925. The fourth-order valence-corrected chi connectivity index (χ4v) is 2.02. The van der Waals surface area contributed by atoms with E-state index in [1.54, 1.807) is 25.1 Å². The number of aryl methyl sites for hydroxylation is 1. The Morgan fingerprint density at radius 1 is 1.35 bits per heavy atom. The summed E-state index contributed by atoms with van der Waals surface area (Å²) in [7, 11) is 1.77. The number of carbonyl (C=O) groups excluding carboxylic acids is 1. The number of amides is 1. The zero-order chi connectivity index (χ0) is 16.8. The summed E-state index contributed by atoms with van der Waals surface area (Å²) in [6.45, 7) is 2.22. The summed E-state index contributed by atoms with van der Waals surface area (Å²) in [6, 6.07) is 7.52. The van der Waals surface area contributed by atoms with Crippen molar-refractivity contribution >= 4 is 11.7 Å². The smallest absolute Gasteiger partial charge is 0.219 e. The Bertz CT molecular complexity index is 674. The molecule has 2 rings (SSSR count). The van der Waals surface area contributed by atoms with Crippen LogP contribution in [0.1, 0.15) is 18.9 Å². The minimum absolute atomic E-state index is 0.0424. The second-order valence-corrected chi connectivity index (χ2v) is 5.33. The van der Waals surface area contributed by atoms with Crippen LogP contribution < -0.4 is 10.5 Å². The molecule has 0 radical (unpaired) electrons. The molecule has 0 saturated carbocycles. The molecular weight excluding hydrogens is 297 g/mol. The molecule has 5 nitrogen and oxygen atoms in total. The first-order chi connectivity index (χ1) is 11.0. The Morgan fingerprint density at radius 2 is 2.04 bits per heavy atom.